The molecule has 5 heteroatoms. The molecule has 1 aromatic heterocycles. The van der Waals surface area contributed by atoms with Crippen molar-refractivity contribution in [3.63, 3.8) is 0 Å². The molecule has 0 aliphatic carbocycles. The molecule has 5 nitrogen and oxygen atoms in total. The van der Waals surface area contributed by atoms with Gasteiger partial charge in [0, 0.05) is 23.2 Å². The summed E-state index contributed by atoms with van der Waals surface area (Å²) in [6, 6.07) is 16.7. The van der Waals surface area contributed by atoms with Crippen LogP contribution in [0.5, 0.6) is 11.5 Å². The van der Waals surface area contributed by atoms with E-state index in [4.69, 9.17) is 9.47 Å². The lowest BCUT2D eigenvalue weighted by Crippen LogP contribution is -2.23. The summed E-state index contributed by atoms with van der Waals surface area (Å²) in [4.78, 5) is 16.4. The van der Waals surface area contributed by atoms with Gasteiger partial charge in [0.2, 0.25) is 0 Å². The van der Waals surface area contributed by atoms with E-state index in [1.54, 1.807) is 30.5 Å². The van der Waals surface area contributed by atoms with Crippen molar-refractivity contribution in [1.29, 1.82) is 0 Å². The molecule has 0 bridgehead atoms. The van der Waals surface area contributed by atoms with Gasteiger partial charge in [0.05, 0.1) is 18.2 Å². The lowest BCUT2D eigenvalue weighted by atomic mass is 10.2. The Kier molecular flexibility index (Phi) is 6.48. The number of aromatic nitrogens is 1. The number of benzene rings is 2. The summed E-state index contributed by atoms with van der Waals surface area (Å²) in [5, 5.41) is 3.83. The van der Waals surface area contributed by atoms with E-state index in [0.717, 1.165) is 16.7 Å². The van der Waals surface area contributed by atoms with Crippen molar-refractivity contribution in [1.82, 2.24) is 10.3 Å². The molecular weight excluding hydrogens is 352 g/mol. The van der Waals surface area contributed by atoms with Crippen molar-refractivity contribution >= 4 is 16.8 Å². The summed E-state index contributed by atoms with van der Waals surface area (Å²) in [6.45, 7) is 4.42. The maximum atomic E-state index is 12.1. The second kappa shape index (κ2) is 9.43. The van der Waals surface area contributed by atoms with Gasteiger partial charge < -0.3 is 14.8 Å². The van der Waals surface area contributed by atoms with Crippen molar-refractivity contribution in [2.75, 3.05) is 13.2 Å². The van der Waals surface area contributed by atoms with Crippen LogP contribution in [0.2, 0.25) is 0 Å². The summed E-state index contributed by atoms with van der Waals surface area (Å²) in [7, 11) is 0. The van der Waals surface area contributed by atoms with Crippen LogP contribution in [-0.2, 0) is 0 Å². The molecule has 0 fully saturated rings. The number of rotatable bonds is 6. The molecule has 0 spiro atoms. The van der Waals surface area contributed by atoms with E-state index in [2.05, 4.69) is 22.1 Å². The Bertz CT molecular complexity index is 1000. The third-order valence-electron chi connectivity index (χ3n) is 3.84. The fourth-order valence-electron chi connectivity index (χ4n) is 2.55. The molecule has 3 aromatic rings. The molecule has 2 aromatic carbocycles. The molecule has 1 amide bonds. The van der Waals surface area contributed by atoms with Gasteiger partial charge in [0.25, 0.3) is 5.91 Å². The minimum Gasteiger partial charge on any atom is -0.491 e. The first-order valence-corrected chi connectivity index (χ1v) is 9.10. The molecule has 0 saturated carbocycles. The van der Waals surface area contributed by atoms with Gasteiger partial charge in [-0.15, -0.1) is 0 Å². The van der Waals surface area contributed by atoms with Crippen LogP contribution < -0.4 is 14.8 Å². The molecule has 0 aliphatic rings. The molecule has 1 N–H and O–H groups in total. The zero-order valence-electron chi connectivity index (χ0n) is 15.9. The second-order valence-electron chi connectivity index (χ2n) is 6.37. The normalized spacial score (nSPS) is 10.2. The Morgan fingerprint density at radius 2 is 1.86 bits per heavy atom. The van der Waals surface area contributed by atoms with Crippen LogP contribution in [0.3, 0.4) is 0 Å². The van der Waals surface area contributed by atoms with Gasteiger partial charge in [0.15, 0.2) is 0 Å². The highest BCUT2D eigenvalue weighted by atomic mass is 16.5. The van der Waals surface area contributed by atoms with Gasteiger partial charge in [-0.1, -0.05) is 17.9 Å². The molecule has 28 heavy (non-hydrogen) atoms. The third-order valence-corrected chi connectivity index (χ3v) is 3.84. The van der Waals surface area contributed by atoms with Crippen LogP contribution in [0.4, 0.5) is 0 Å². The molecule has 0 saturated heterocycles. The van der Waals surface area contributed by atoms with Crippen molar-refractivity contribution in [3.05, 3.63) is 66.4 Å². The number of ether oxygens (including phenoxy) is 2. The smallest absolute Gasteiger partial charge is 0.252 e. The molecule has 0 atom stereocenters. The maximum Gasteiger partial charge on any atom is 0.252 e. The van der Waals surface area contributed by atoms with E-state index in [1.807, 2.05) is 44.2 Å². The van der Waals surface area contributed by atoms with Crippen molar-refractivity contribution in [2.45, 2.75) is 20.0 Å². The zero-order chi connectivity index (χ0) is 19.8. The molecule has 0 aliphatic heterocycles. The van der Waals surface area contributed by atoms with E-state index in [9.17, 15) is 4.79 Å². The summed E-state index contributed by atoms with van der Waals surface area (Å²) in [5.41, 5.74) is 1.45. The van der Waals surface area contributed by atoms with Gasteiger partial charge >= 0.3 is 0 Å². The first kappa shape index (κ1) is 19.2. The Labute approximate surface area is 164 Å². The SMILES string of the molecule is CC(C)Oc1ccc(C(=O)NCC#CCOc2ccc3cccnc3c2)cc1. The van der Waals surface area contributed by atoms with Crippen LogP contribution in [0.25, 0.3) is 10.9 Å². The lowest BCUT2D eigenvalue weighted by molar-refractivity contribution is 0.0958. The van der Waals surface area contributed by atoms with E-state index in [0.29, 0.717) is 11.3 Å². The zero-order valence-corrected chi connectivity index (χ0v) is 15.9. The van der Waals surface area contributed by atoms with Crippen molar-refractivity contribution in [2.24, 2.45) is 0 Å². The molecular formula is C23H22N2O3. The minimum absolute atomic E-state index is 0.100. The predicted octanol–water partition coefficient (Wildman–Crippen LogP) is 3.83. The molecule has 1 heterocycles. The van der Waals surface area contributed by atoms with Crippen LogP contribution in [-0.4, -0.2) is 30.1 Å². The first-order chi connectivity index (χ1) is 13.6. The highest BCUT2D eigenvalue weighted by Gasteiger charge is 2.05. The van der Waals surface area contributed by atoms with E-state index < -0.39 is 0 Å². The quantitative estimate of drug-likeness (QED) is 0.666. The van der Waals surface area contributed by atoms with Gasteiger partial charge in [-0.25, -0.2) is 0 Å². The number of amides is 1. The highest BCUT2D eigenvalue weighted by Crippen LogP contribution is 2.18. The third kappa shape index (κ3) is 5.49. The van der Waals surface area contributed by atoms with Crippen LogP contribution in [0, 0.1) is 11.8 Å². The Morgan fingerprint density at radius 3 is 2.64 bits per heavy atom. The standard InChI is InChI=1S/C23H22N2O3/c1-17(2)28-20-10-8-19(9-11-20)23(26)25-13-3-4-15-27-21-12-7-18-6-5-14-24-22(18)16-21/h5-12,14,16-17H,13,15H2,1-2H3,(H,25,26). The minimum atomic E-state index is -0.174. The van der Waals surface area contributed by atoms with E-state index >= 15 is 0 Å². The van der Waals surface area contributed by atoms with Crippen LogP contribution in [0.15, 0.2) is 60.8 Å². The summed E-state index contributed by atoms with van der Waals surface area (Å²) in [6.07, 6.45) is 1.85. The van der Waals surface area contributed by atoms with Gasteiger partial charge in [-0.2, -0.15) is 0 Å². The van der Waals surface area contributed by atoms with Crippen LogP contribution in [0.1, 0.15) is 24.2 Å². The Hall–Kier alpha value is -3.52. The van der Waals surface area contributed by atoms with E-state index in [1.165, 1.54) is 0 Å². The Morgan fingerprint density at radius 1 is 1.07 bits per heavy atom. The average molecular weight is 374 g/mol. The predicted molar refractivity (Wildman–Crippen MR) is 110 cm³/mol. The average Bonchev–Trinajstić information content (AvgIpc) is 2.70. The van der Waals surface area contributed by atoms with Gasteiger partial charge in [-0.3, -0.25) is 9.78 Å². The number of carbonyl (C=O) groups excluding carboxylic acids is 1. The summed E-state index contributed by atoms with van der Waals surface area (Å²) in [5.74, 6) is 7.06. The highest BCUT2D eigenvalue weighted by molar-refractivity contribution is 5.94. The number of carbonyl (C=O) groups is 1. The van der Waals surface area contributed by atoms with Gasteiger partial charge in [0.1, 0.15) is 18.1 Å². The molecule has 3 rings (SSSR count). The molecule has 0 radical (unpaired) electrons. The number of hydrogen-bond donors (Lipinski definition) is 1. The van der Waals surface area contributed by atoms with E-state index in [-0.39, 0.29) is 25.2 Å². The Balaban J connectivity index is 1.43. The monoisotopic (exact) mass is 374 g/mol. The number of nitrogens with one attached hydrogen (secondary N) is 1. The van der Waals surface area contributed by atoms with Crippen molar-refractivity contribution in [3.8, 4) is 23.3 Å². The lowest BCUT2D eigenvalue weighted by Gasteiger charge is -2.09. The maximum absolute atomic E-state index is 12.1. The van der Waals surface area contributed by atoms with Gasteiger partial charge in [-0.05, 0) is 56.3 Å². The topological polar surface area (TPSA) is 60.5 Å². The number of hydrogen-bond acceptors (Lipinski definition) is 4. The number of pyridine rings is 1. The largest absolute Gasteiger partial charge is 0.491 e. The fourth-order valence-corrected chi connectivity index (χ4v) is 2.55. The molecule has 142 valence electrons. The molecule has 0 unspecified atom stereocenters. The number of nitrogens with zero attached hydrogens (tertiary/aromatic N) is 1. The van der Waals surface area contributed by atoms with Crippen molar-refractivity contribution < 1.29 is 14.3 Å². The second-order valence-corrected chi connectivity index (χ2v) is 6.37. The number of fused-ring (bicyclic) bond motifs is 1. The van der Waals surface area contributed by atoms with Crippen LogP contribution >= 0.6 is 0 Å². The fraction of sp³-hybridized carbons (Fsp3) is 0.217. The summed E-state index contributed by atoms with van der Waals surface area (Å²) < 4.78 is 11.2. The summed E-state index contributed by atoms with van der Waals surface area (Å²) >= 11 is 0. The first-order valence-electron chi connectivity index (χ1n) is 9.10.